The summed E-state index contributed by atoms with van der Waals surface area (Å²) in [6.45, 7) is 0. The van der Waals surface area contributed by atoms with Crippen LogP contribution in [0.3, 0.4) is 0 Å². The van der Waals surface area contributed by atoms with Gasteiger partial charge in [0.25, 0.3) is 11.6 Å². The molecule has 0 aromatic heterocycles. The molecule has 0 heterocycles. The Kier molecular flexibility index (Phi) is 5.75. The van der Waals surface area contributed by atoms with Gasteiger partial charge in [-0.2, -0.15) is 0 Å². The Balaban J connectivity index is 1.93. The zero-order valence-corrected chi connectivity index (χ0v) is 15.6. The number of nitrogens with two attached hydrogens (primary N) is 1. The molecular formula is C20H14ClN3O5. The molecule has 3 aromatic carbocycles. The molecule has 3 N–H and O–H groups in total. The number of carbonyl (C=O) groups excluding carboxylic acids is 2. The Bertz CT molecular complexity index is 1100. The summed E-state index contributed by atoms with van der Waals surface area (Å²) in [6.07, 6.45) is 0. The number of carbonyl (C=O) groups is 2. The second-order valence-corrected chi connectivity index (χ2v) is 6.27. The fraction of sp³-hybridized carbons (Fsp3) is 0. The van der Waals surface area contributed by atoms with Gasteiger partial charge >= 0.3 is 0 Å². The number of rotatable bonds is 6. The van der Waals surface area contributed by atoms with Crippen molar-refractivity contribution in [3.63, 3.8) is 0 Å². The quantitative estimate of drug-likeness (QED) is 0.459. The average Bonchev–Trinajstić information content (AvgIpc) is 2.68. The summed E-state index contributed by atoms with van der Waals surface area (Å²) in [5.41, 5.74) is 5.28. The molecule has 9 heteroatoms. The molecule has 146 valence electrons. The minimum atomic E-state index is -0.704. The monoisotopic (exact) mass is 411 g/mol. The lowest BCUT2D eigenvalue weighted by molar-refractivity contribution is -0.384. The Morgan fingerprint density at radius 1 is 1.00 bits per heavy atom. The van der Waals surface area contributed by atoms with Crippen LogP contribution in [-0.2, 0) is 0 Å². The van der Waals surface area contributed by atoms with Crippen LogP contribution < -0.4 is 15.8 Å². The summed E-state index contributed by atoms with van der Waals surface area (Å²) in [7, 11) is 0. The fourth-order valence-corrected chi connectivity index (χ4v) is 2.78. The van der Waals surface area contributed by atoms with Gasteiger partial charge in [0.15, 0.2) is 0 Å². The van der Waals surface area contributed by atoms with Crippen LogP contribution in [0.25, 0.3) is 0 Å². The number of benzene rings is 3. The Labute approximate surface area is 170 Å². The molecule has 3 rings (SSSR count). The number of nitro groups is 1. The molecule has 3 aromatic rings. The highest BCUT2D eigenvalue weighted by Gasteiger charge is 2.19. The minimum absolute atomic E-state index is 0.0434. The summed E-state index contributed by atoms with van der Waals surface area (Å²) in [5.74, 6) is -0.754. The molecule has 29 heavy (non-hydrogen) atoms. The van der Waals surface area contributed by atoms with Gasteiger partial charge in [-0.25, -0.2) is 0 Å². The number of halogens is 1. The van der Waals surface area contributed by atoms with E-state index in [0.717, 1.165) is 6.07 Å². The van der Waals surface area contributed by atoms with Crippen molar-refractivity contribution < 1.29 is 19.2 Å². The molecule has 0 radical (unpaired) electrons. The lowest BCUT2D eigenvalue weighted by Crippen LogP contribution is -2.15. The number of amides is 2. The summed E-state index contributed by atoms with van der Waals surface area (Å²) in [6, 6.07) is 16.6. The van der Waals surface area contributed by atoms with Crippen LogP contribution in [0.2, 0.25) is 5.02 Å². The van der Waals surface area contributed by atoms with E-state index in [0.29, 0.717) is 5.75 Å². The number of non-ortho nitro benzene ring substituents is 1. The molecule has 0 spiro atoms. The molecule has 0 aliphatic carbocycles. The molecule has 8 nitrogen and oxygen atoms in total. The molecular weight excluding hydrogens is 398 g/mol. The standard InChI is InChI=1S/C20H14ClN3O5/c21-17-10-12(6-8-15(17)19(22)25)23-20(26)16-11-13(24(27)28)7-9-18(16)29-14-4-2-1-3-5-14/h1-11H,(H2,22,25)(H,23,26). The highest BCUT2D eigenvalue weighted by atomic mass is 35.5. The summed E-state index contributed by atoms with van der Waals surface area (Å²) in [5, 5.41) is 13.8. The van der Waals surface area contributed by atoms with Crippen molar-refractivity contribution in [2.24, 2.45) is 5.73 Å². The van der Waals surface area contributed by atoms with Crippen LogP contribution in [0, 0.1) is 10.1 Å². The van der Waals surface area contributed by atoms with E-state index in [1.54, 1.807) is 30.3 Å². The number of anilines is 1. The van der Waals surface area contributed by atoms with Crippen LogP contribution >= 0.6 is 11.6 Å². The van der Waals surface area contributed by atoms with Gasteiger partial charge in [-0.3, -0.25) is 19.7 Å². The normalized spacial score (nSPS) is 10.2. The van der Waals surface area contributed by atoms with Crippen LogP contribution in [0.5, 0.6) is 11.5 Å². The van der Waals surface area contributed by atoms with Crippen LogP contribution in [0.4, 0.5) is 11.4 Å². The van der Waals surface area contributed by atoms with Gasteiger partial charge in [0.2, 0.25) is 5.91 Å². The largest absolute Gasteiger partial charge is 0.457 e. The van der Waals surface area contributed by atoms with Crippen molar-refractivity contribution in [3.05, 3.63) is 93.0 Å². The SMILES string of the molecule is NC(=O)c1ccc(NC(=O)c2cc([N+](=O)[O-])ccc2Oc2ccccc2)cc1Cl. The predicted octanol–water partition coefficient (Wildman–Crippen LogP) is 4.39. The number of nitro benzene ring substituents is 1. The van der Waals surface area contributed by atoms with E-state index in [-0.39, 0.29) is 33.3 Å². The molecule has 2 amide bonds. The van der Waals surface area contributed by atoms with Crippen molar-refractivity contribution in [2.75, 3.05) is 5.32 Å². The first-order chi connectivity index (χ1) is 13.8. The maximum atomic E-state index is 12.8. The van der Waals surface area contributed by atoms with Crippen LogP contribution in [0.1, 0.15) is 20.7 Å². The number of ether oxygens (including phenoxy) is 1. The molecule has 0 bridgehead atoms. The van der Waals surface area contributed by atoms with Gasteiger partial charge < -0.3 is 15.8 Å². The minimum Gasteiger partial charge on any atom is -0.457 e. The smallest absolute Gasteiger partial charge is 0.270 e. The highest BCUT2D eigenvalue weighted by Crippen LogP contribution is 2.30. The number of hydrogen-bond donors (Lipinski definition) is 2. The van der Waals surface area contributed by atoms with E-state index in [2.05, 4.69) is 5.32 Å². The van der Waals surface area contributed by atoms with E-state index in [1.165, 1.54) is 30.3 Å². The molecule has 0 saturated carbocycles. The fourth-order valence-electron chi connectivity index (χ4n) is 2.50. The Hall–Kier alpha value is -3.91. The van der Waals surface area contributed by atoms with E-state index >= 15 is 0 Å². The van der Waals surface area contributed by atoms with Crippen molar-refractivity contribution >= 4 is 34.8 Å². The third-order valence-electron chi connectivity index (χ3n) is 3.88. The van der Waals surface area contributed by atoms with Gasteiger partial charge in [0, 0.05) is 17.8 Å². The molecule has 0 saturated heterocycles. The molecule has 0 atom stereocenters. The summed E-state index contributed by atoms with van der Waals surface area (Å²) < 4.78 is 5.71. The van der Waals surface area contributed by atoms with Gasteiger partial charge in [0.1, 0.15) is 11.5 Å². The van der Waals surface area contributed by atoms with E-state index < -0.39 is 16.7 Å². The second-order valence-electron chi connectivity index (χ2n) is 5.87. The van der Waals surface area contributed by atoms with Crippen LogP contribution in [-0.4, -0.2) is 16.7 Å². The number of para-hydroxylation sites is 1. The number of primary amides is 1. The molecule has 0 fully saturated rings. The van der Waals surface area contributed by atoms with E-state index in [9.17, 15) is 19.7 Å². The van der Waals surface area contributed by atoms with E-state index in [4.69, 9.17) is 22.1 Å². The average molecular weight is 412 g/mol. The first-order valence-electron chi connectivity index (χ1n) is 8.27. The second kappa shape index (κ2) is 8.41. The first-order valence-corrected chi connectivity index (χ1v) is 8.65. The Morgan fingerprint density at radius 2 is 1.72 bits per heavy atom. The van der Waals surface area contributed by atoms with Crippen molar-refractivity contribution in [2.45, 2.75) is 0 Å². The number of nitrogens with zero attached hydrogens (tertiary/aromatic N) is 1. The molecule has 0 unspecified atom stereocenters. The Morgan fingerprint density at radius 3 is 2.34 bits per heavy atom. The molecule has 0 aliphatic heterocycles. The predicted molar refractivity (Wildman–Crippen MR) is 108 cm³/mol. The van der Waals surface area contributed by atoms with Crippen LogP contribution in [0.15, 0.2) is 66.7 Å². The number of hydrogen-bond acceptors (Lipinski definition) is 5. The van der Waals surface area contributed by atoms with Crippen molar-refractivity contribution in [3.8, 4) is 11.5 Å². The first kappa shape index (κ1) is 19.8. The van der Waals surface area contributed by atoms with E-state index in [1.807, 2.05) is 0 Å². The van der Waals surface area contributed by atoms with Gasteiger partial charge in [-0.05, 0) is 36.4 Å². The lowest BCUT2D eigenvalue weighted by Gasteiger charge is -2.12. The zero-order valence-electron chi connectivity index (χ0n) is 14.8. The summed E-state index contributed by atoms with van der Waals surface area (Å²) in [4.78, 5) is 34.6. The van der Waals surface area contributed by atoms with Gasteiger partial charge in [0.05, 0.1) is 21.1 Å². The van der Waals surface area contributed by atoms with Crippen molar-refractivity contribution in [1.82, 2.24) is 0 Å². The number of nitrogens with one attached hydrogen (secondary N) is 1. The maximum absolute atomic E-state index is 12.8. The molecule has 0 aliphatic rings. The van der Waals surface area contributed by atoms with Gasteiger partial charge in [-0.15, -0.1) is 0 Å². The summed E-state index contributed by atoms with van der Waals surface area (Å²) >= 11 is 5.99. The van der Waals surface area contributed by atoms with Gasteiger partial charge in [-0.1, -0.05) is 29.8 Å². The maximum Gasteiger partial charge on any atom is 0.270 e. The zero-order chi connectivity index (χ0) is 21.0. The third-order valence-corrected chi connectivity index (χ3v) is 4.19. The lowest BCUT2D eigenvalue weighted by atomic mass is 10.1. The van der Waals surface area contributed by atoms with Crippen molar-refractivity contribution in [1.29, 1.82) is 0 Å². The highest BCUT2D eigenvalue weighted by molar-refractivity contribution is 6.34. The third kappa shape index (κ3) is 4.69. The topological polar surface area (TPSA) is 125 Å².